The maximum atomic E-state index is 3.96. The molecule has 0 aromatic carbocycles. The van der Waals surface area contributed by atoms with E-state index in [1.54, 1.807) is 0 Å². The normalized spacial score (nSPS) is 11.2. The summed E-state index contributed by atoms with van der Waals surface area (Å²) < 4.78 is 0. The van der Waals surface area contributed by atoms with E-state index in [0.29, 0.717) is 5.92 Å². The van der Waals surface area contributed by atoms with Crippen LogP contribution in [0.2, 0.25) is 0 Å². The number of hydrogen-bond donors (Lipinski definition) is 1. The topological polar surface area (TPSA) is 12.0 Å². The number of allylic oxidation sites excluding steroid dienone is 6. The first-order valence-electron chi connectivity index (χ1n) is 5.08. The van der Waals surface area contributed by atoms with E-state index < -0.39 is 0 Å². The predicted octanol–water partition coefficient (Wildman–Crippen LogP) is 3.60. The second-order valence-electron chi connectivity index (χ2n) is 3.74. The highest BCUT2D eigenvalue weighted by Crippen LogP contribution is 2.12. The van der Waals surface area contributed by atoms with Crippen LogP contribution in [0.15, 0.2) is 60.9 Å². The third kappa shape index (κ3) is 5.74. The minimum atomic E-state index is 0.468. The standard InChI is InChI=1S/C14H21N/c1-11(2)12(3)7-8-13(4)14(5)9-10-15-6/h7-11,15H,3-5H2,1-2,6H3/b8-7-,10-9-. The SMILES string of the molecule is C=C(/C=C\NC)C(=C)/C=C\C(=C)C(C)C. The van der Waals surface area contributed by atoms with Crippen molar-refractivity contribution < 1.29 is 0 Å². The van der Waals surface area contributed by atoms with Crippen molar-refractivity contribution >= 4 is 0 Å². The Bertz CT molecular complexity index is 303. The molecule has 0 fully saturated rings. The van der Waals surface area contributed by atoms with Crippen molar-refractivity contribution in [1.29, 1.82) is 0 Å². The Balaban J connectivity index is 4.31. The monoisotopic (exact) mass is 203 g/mol. The zero-order valence-corrected chi connectivity index (χ0v) is 10.0. The molecular formula is C14H21N. The fourth-order valence-electron chi connectivity index (χ4n) is 0.798. The van der Waals surface area contributed by atoms with Gasteiger partial charge in [-0.15, -0.1) is 0 Å². The van der Waals surface area contributed by atoms with Crippen LogP contribution in [0.3, 0.4) is 0 Å². The lowest BCUT2D eigenvalue weighted by atomic mass is 10.0. The highest BCUT2D eigenvalue weighted by Gasteiger charge is 1.96. The summed E-state index contributed by atoms with van der Waals surface area (Å²) in [4.78, 5) is 0. The van der Waals surface area contributed by atoms with Crippen molar-refractivity contribution in [2.45, 2.75) is 13.8 Å². The van der Waals surface area contributed by atoms with E-state index in [1.807, 2.05) is 31.5 Å². The van der Waals surface area contributed by atoms with Gasteiger partial charge in [0.2, 0.25) is 0 Å². The van der Waals surface area contributed by atoms with Crippen molar-refractivity contribution in [3.05, 3.63) is 60.9 Å². The molecule has 0 saturated carbocycles. The number of rotatable bonds is 6. The molecular weight excluding hydrogens is 182 g/mol. The molecule has 0 rings (SSSR count). The third-order valence-corrected chi connectivity index (χ3v) is 2.10. The van der Waals surface area contributed by atoms with Crippen LogP contribution >= 0.6 is 0 Å². The summed E-state index contributed by atoms with van der Waals surface area (Å²) in [6, 6.07) is 0. The van der Waals surface area contributed by atoms with Crippen molar-refractivity contribution in [3.8, 4) is 0 Å². The molecule has 1 heteroatoms. The van der Waals surface area contributed by atoms with Crippen LogP contribution < -0.4 is 5.32 Å². The van der Waals surface area contributed by atoms with E-state index in [0.717, 1.165) is 16.7 Å². The van der Waals surface area contributed by atoms with Gasteiger partial charge in [0, 0.05) is 7.05 Å². The molecule has 0 aliphatic carbocycles. The second kappa shape index (κ2) is 6.88. The molecule has 1 nitrogen and oxygen atoms in total. The molecule has 1 N–H and O–H groups in total. The zero-order chi connectivity index (χ0) is 11.8. The lowest BCUT2D eigenvalue weighted by Gasteiger charge is -2.04. The first-order chi connectivity index (χ1) is 6.99. The molecule has 0 aliphatic rings. The van der Waals surface area contributed by atoms with Gasteiger partial charge < -0.3 is 5.32 Å². The van der Waals surface area contributed by atoms with Crippen LogP contribution in [0.5, 0.6) is 0 Å². The molecule has 15 heavy (non-hydrogen) atoms. The van der Waals surface area contributed by atoms with Gasteiger partial charge >= 0.3 is 0 Å². The van der Waals surface area contributed by atoms with Crippen molar-refractivity contribution in [1.82, 2.24) is 5.32 Å². The summed E-state index contributed by atoms with van der Waals surface area (Å²) in [6.45, 7) is 16.0. The van der Waals surface area contributed by atoms with Gasteiger partial charge in [0.15, 0.2) is 0 Å². The summed E-state index contributed by atoms with van der Waals surface area (Å²) >= 11 is 0. The van der Waals surface area contributed by atoms with Gasteiger partial charge in [-0.05, 0) is 29.3 Å². The fraction of sp³-hybridized carbons (Fsp3) is 0.286. The average molecular weight is 203 g/mol. The average Bonchev–Trinajstić information content (AvgIpc) is 2.21. The highest BCUT2D eigenvalue weighted by atomic mass is 14.8. The van der Waals surface area contributed by atoms with Crippen molar-refractivity contribution in [2.75, 3.05) is 7.05 Å². The van der Waals surface area contributed by atoms with Gasteiger partial charge in [-0.3, -0.25) is 0 Å². The molecule has 0 amide bonds. The maximum Gasteiger partial charge on any atom is 0.00277 e. The molecule has 0 atom stereocenters. The number of hydrogen-bond acceptors (Lipinski definition) is 1. The molecule has 0 spiro atoms. The Kier molecular flexibility index (Phi) is 6.19. The molecule has 0 bridgehead atoms. The van der Waals surface area contributed by atoms with Gasteiger partial charge in [-0.25, -0.2) is 0 Å². The van der Waals surface area contributed by atoms with Crippen LogP contribution in [0.1, 0.15) is 13.8 Å². The Hall–Kier alpha value is -1.50. The minimum absolute atomic E-state index is 0.468. The Morgan fingerprint density at radius 1 is 1.00 bits per heavy atom. The van der Waals surface area contributed by atoms with Gasteiger partial charge in [-0.1, -0.05) is 51.3 Å². The lowest BCUT2D eigenvalue weighted by Crippen LogP contribution is -1.92. The largest absolute Gasteiger partial charge is 0.394 e. The Morgan fingerprint density at radius 3 is 2.00 bits per heavy atom. The lowest BCUT2D eigenvalue weighted by molar-refractivity contribution is 0.795. The van der Waals surface area contributed by atoms with E-state index >= 15 is 0 Å². The molecule has 0 aliphatic heterocycles. The van der Waals surface area contributed by atoms with Crippen LogP contribution in [-0.4, -0.2) is 7.05 Å². The first kappa shape index (κ1) is 13.5. The van der Waals surface area contributed by atoms with Crippen molar-refractivity contribution in [3.63, 3.8) is 0 Å². The maximum absolute atomic E-state index is 3.96. The molecule has 0 saturated heterocycles. The quantitative estimate of drug-likeness (QED) is 0.650. The van der Waals surface area contributed by atoms with Crippen LogP contribution in [0, 0.1) is 5.92 Å². The Labute approximate surface area is 93.6 Å². The van der Waals surface area contributed by atoms with E-state index in [9.17, 15) is 0 Å². The van der Waals surface area contributed by atoms with Crippen LogP contribution in [0.4, 0.5) is 0 Å². The molecule has 0 aromatic heterocycles. The van der Waals surface area contributed by atoms with E-state index in [2.05, 4.69) is 38.9 Å². The Morgan fingerprint density at radius 2 is 1.53 bits per heavy atom. The molecule has 0 unspecified atom stereocenters. The van der Waals surface area contributed by atoms with E-state index in [-0.39, 0.29) is 0 Å². The summed E-state index contributed by atoms with van der Waals surface area (Å²) in [5.74, 6) is 0.468. The number of nitrogens with one attached hydrogen (secondary N) is 1. The van der Waals surface area contributed by atoms with Crippen LogP contribution in [-0.2, 0) is 0 Å². The molecule has 82 valence electrons. The second-order valence-corrected chi connectivity index (χ2v) is 3.74. The summed E-state index contributed by atoms with van der Waals surface area (Å²) in [6.07, 6.45) is 7.67. The summed E-state index contributed by atoms with van der Waals surface area (Å²) in [5.41, 5.74) is 2.90. The summed E-state index contributed by atoms with van der Waals surface area (Å²) in [5, 5.41) is 2.91. The van der Waals surface area contributed by atoms with Crippen LogP contribution in [0.25, 0.3) is 0 Å². The van der Waals surface area contributed by atoms with Gasteiger partial charge in [0.05, 0.1) is 0 Å². The predicted molar refractivity (Wildman–Crippen MR) is 69.6 cm³/mol. The highest BCUT2D eigenvalue weighted by molar-refractivity contribution is 5.44. The smallest absolute Gasteiger partial charge is 0.00277 e. The molecule has 0 heterocycles. The summed E-state index contributed by atoms with van der Waals surface area (Å²) in [7, 11) is 1.85. The molecule has 0 radical (unpaired) electrons. The zero-order valence-electron chi connectivity index (χ0n) is 10.0. The third-order valence-electron chi connectivity index (χ3n) is 2.10. The van der Waals surface area contributed by atoms with E-state index in [4.69, 9.17) is 0 Å². The molecule has 0 aromatic rings. The first-order valence-corrected chi connectivity index (χ1v) is 5.08. The van der Waals surface area contributed by atoms with Gasteiger partial charge in [0.1, 0.15) is 0 Å². The van der Waals surface area contributed by atoms with Gasteiger partial charge in [0.25, 0.3) is 0 Å². The van der Waals surface area contributed by atoms with Gasteiger partial charge in [-0.2, -0.15) is 0 Å². The fourth-order valence-corrected chi connectivity index (χ4v) is 0.798. The van der Waals surface area contributed by atoms with E-state index in [1.165, 1.54) is 0 Å². The minimum Gasteiger partial charge on any atom is -0.394 e. The van der Waals surface area contributed by atoms with Crippen molar-refractivity contribution in [2.24, 2.45) is 5.92 Å².